The topological polar surface area (TPSA) is 27.7 Å². The van der Waals surface area contributed by atoms with Gasteiger partial charge in [0.25, 0.3) is 0 Å². The average Bonchev–Trinajstić information content (AvgIpc) is 2.27. The van der Waals surface area contributed by atoms with Gasteiger partial charge in [-0.05, 0) is 31.1 Å². The molecule has 0 saturated carbocycles. The van der Waals surface area contributed by atoms with Crippen molar-refractivity contribution in [2.75, 3.05) is 0 Å². The Hall–Kier alpha value is 1.40. The second-order valence-electron chi connectivity index (χ2n) is 3.22. The Morgan fingerprint density at radius 2 is 1.06 bits per heavy atom. The van der Waals surface area contributed by atoms with Crippen LogP contribution in [0.4, 0.5) is 0 Å². The molecule has 0 bridgehead atoms. The summed E-state index contributed by atoms with van der Waals surface area (Å²) in [7, 11) is 0. The molecule has 0 aromatic carbocycles. The molecule has 3 nitrogen and oxygen atoms in total. The number of hydrogen-bond acceptors (Lipinski definition) is 4. The normalized spacial score (nSPS) is 20.6. The molecule has 8 heteroatoms. The van der Waals surface area contributed by atoms with E-state index in [-0.39, 0.29) is 0 Å². The van der Waals surface area contributed by atoms with E-state index in [4.69, 9.17) is 60.2 Å². The minimum Gasteiger partial charge on any atom is -0.289 e. The first-order valence-corrected chi connectivity index (χ1v) is 9.30. The van der Waals surface area contributed by atoms with Crippen molar-refractivity contribution in [2.24, 2.45) is 0 Å². The Bertz CT molecular complexity index is 220. The molecule has 0 aromatic rings. The summed E-state index contributed by atoms with van der Waals surface area (Å²) in [6.45, 7) is 2.61. The van der Waals surface area contributed by atoms with Crippen LogP contribution in [0.15, 0.2) is 0 Å². The van der Waals surface area contributed by atoms with Crippen LogP contribution in [0.25, 0.3) is 0 Å². The van der Waals surface area contributed by atoms with Crippen molar-refractivity contribution in [3.8, 4) is 0 Å². The highest BCUT2D eigenvalue weighted by molar-refractivity contribution is 8.07. The minimum atomic E-state index is -3.00. The molecule has 0 N–H and O–H groups in total. The minimum absolute atomic E-state index is 0.567. The van der Waals surface area contributed by atoms with Crippen LogP contribution in [0.3, 0.4) is 0 Å². The van der Waals surface area contributed by atoms with Gasteiger partial charge in [-0.15, -0.1) is 0 Å². The lowest BCUT2D eigenvalue weighted by molar-refractivity contribution is 0.122. The van der Waals surface area contributed by atoms with E-state index < -0.39 is 23.4 Å². The molecule has 0 saturated heterocycles. The van der Waals surface area contributed by atoms with E-state index in [1.165, 1.54) is 0 Å². The van der Waals surface area contributed by atoms with Crippen molar-refractivity contribution in [1.82, 2.24) is 0 Å². The first-order valence-electron chi connectivity index (χ1n) is 5.44. The molecule has 0 rings (SSSR count). The van der Waals surface area contributed by atoms with Crippen molar-refractivity contribution in [3.05, 3.63) is 0 Å². The van der Waals surface area contributed by atoms with Gasteiger partial charge < -0.3 is 0 Å². The van der Waals surface area contributed by atoms with Crippen molar-refractivity contribution < 1.29 is 13.6 Å². The Morgan fingerprint density at radius 1 is 0.824 bits per heavy atom. The van der Waals surface area contributed by atoms with Crippen molar-refractivity contribution in [1.29, 1.82) is 0 Å². The van der Waals surface area contributed by atoms with Gasteiger partial charge in [0.05, 0.1) is 0 Å². The fourth-order valence-electron chi connectivity index (χ4n) is 0.718. The summed E-state index contributed by atoms with van der Waals surface area (Å²) in [6.07, 6.45) is 1.76. The van der Waals surface area contributed by atoms with Gasteiger partial charge in [0.2, 0.25) is 0 Å². The standard InChI is InChI=1S/C9H18Cl3O3PS/c1-4-7(10)13-16(17,14-8(11)5-2)15-9(12)6-3/h7-9H,4-6H2,1-3H3. The Labute approximate surface area is 123 Å². The summed E-state index contributed by atoms with van der Waals surface area (Å²) in [5.74, 6) is 0. The quantitative estimate of drug-likeness (QED) is 0.425. The van der Waals surface area contributed by atoms with Crippen LogP contribution in [-0.4, -0.2) is 16.7 Å². The van der Waals surface area contributed by atoms with Crippen LogP contribution < -0.4 is 0 Å². The summed E-state index contributed by atoms with van der Waals surface area (Å²) in [5.41, 5.74) is -1.70. The fraction of sp³-hybridized carbons (Fsp3) is 1.00. The van der Waals surface area contributed by atoms with Gasteiger partial charge in [0.1, 0.15) is 16.7 Å². The number of hydrogen-bond donors (Lipinski definition) is 0. The van der Waals surface area contributed by atoms with Gasteiger partial charge in [0.15, 0.2) is 0 Å². The predicted molar refractivity (Wildman–Crippen MR) is 77.3 cm³/mol. The lowest BCUT2D eigenvalue weighted by Crippen LogP contribution is -2.13. The lowest BCUT2D eigenvalue weighted by atomic mass is 10.5. The molecule has 0 aromatic heterocycles. The van der Waals surface area contributed by atoms with Crippen LogP contribution in [0.1, 0.15) is 40.0 Å². The van der Waals surface area contributed by atoms with Gasteiger partial charge in [-0.2, -0.15) is 0 Å². The second kappa shape index (κ2) is 9.33. The Kier molecular flexibility index (Phi) is 10.1. The van der Waals surface area contributed by atoms with Crippen molar-refractivity contribution in [3.63, 3.8) is 0 Å². The first-order chi connectivity index (χ1) is 7.86. The highest BCUT2D eigenvalue weighted by Gasteiger charge is 2.29. The number of halogens is 3. The first kappa shape index (κ1) is 18.4. The van der Waals surface area contributed by atoms with Gasteiger partial charge in [0, 0.05) is 0 Å². The summed E-state index contributed by atoms with van der Waals surface area (Å²) in [6, 6.07) is 0. The van der Waals surface area contributed by atoms with Crippen LogP contribution in [0, 0.1) is 0 Å². The Morgan fingerprint density at radius 3 is 1.24 bits per heavy atom. The zero-order valence-corrected chi connectivity index (χ0v) is 14.0. The molecule has 0 aliphatic heterocycles. The SMILES string of the molecule is CCC(Cl)OP(=S)(OC(Cl)CC)OC(Cl)CC. The monoisotopic (exact) mass is 342 g/mol. The fourth-order valence-corrected chi connectivity index (χ4v) is 4.46. The van der Waals surface area contributed by atoms with E-state index in [1.54, 1.807) is 0 Å². The third-order valence-electron chi connectivity index (χ3n) is 1.69. The maximum absolute atomic E-state index is 5.90. The third kappa shape index (κ3) is 8.22. The predicted octanol–water partition coefficient (Wildman–Crippen LogP) is 5.19. The number of alkyl halides is 3. The molecule has 17 heavy (non-hydrogen) atoms. The smallest absolute Gasteiger partial charge is 0.289 e. The average molecular weight is 344 g/mol. The molecule has 3 unspecified atom stereocenters. The van der Waals surface area contributed by atoms with E-state index in [9.17, 15) is 0 Å². The molecule has 0 aliphatic rings. The summed E-state index contributed by atoms with van der Waals surface area (Å²) < 4.78 is 16.2. The van der Waals surface area contributed by atoms with Gasteiger partial charge in [-0.3, -0.25) is 13.6 Å². The summed E-state index contributed by atoms with van der Waals surface area (Å²) in [4.78, 5) is 0. The van der Waals surface area contributed by atoms with E-state index in [0.29, 0.717) is 19.3 Å². The van der Waals surface area contributed by atoms with Crippen LogP contribution >= 0.6 is 41.5 Å². The van der Waals surface area contributed by atoms with Gasteiger partial charge >= 0.3 is 6.72 Å². The molecular weight excluding hydrogens is 325 g/mol. The molecule has 3 atom stereocenters. The van der Waals surface area contributed by atoms with E-state index in [1.807, 2.05) is 20.8 Å². The molecule has 0 spiro atoms. The zero-order valence-electron chi connectivity index (χ0n) is 10.1. The molecule has 0 fully saturated rings. The molecule has 0 amide bonds. The summed E-state index contributed by atoms with van der Waals surface area (Å²) >= 11 is 22.9. The van der Waals surface area contributed by atoms with Crippen LogP contribution in [0.2, 0.25) is 0 Å². The molecule has 104 valence electrons. The van der Waals surface area contributed by atoms with Crippen LogP contribution in [-0.2, 0) is 25.4 Å². The third-order valence-corrected chi connectivity index (χ3v) is 5.57. The van der Waals surface area contributed by atoms with E-state index >= 15 is 0 Å². The highest BCUT2D eigenvalue weighted by atomic mass is 35.5. The largest absolute Gasteiger partial charge is 0.331 e. The Balaban J connectivity index is 4.62. The zero-order chi connectivity index (χ0) is 13.5. The molecular formula is C9H18Cl3O3PS. The summed E-state index contributed by atoms with van der Waals surface area (Å²) in [5, 5.41) is 0. The van der Waals surface area contributed by atoms with Gasteiger partial charge in [-0.25, -0.2) is 0 Å². The molecule has 0 radical (unpaired) electrons. The van der Waals surface area contributed by atoms with Crippen molar-refractivity contribution >= 4 is 53.3 Å². The van der Waals surface area contributed by atoms with Crippen molar-refractivity contribution in [2.45, 2.75) is 56.7 Å². The highest BCUT2D eigenvalue weighted by Crippen LogP contribution is 2.55. The second-order valence-corrected chi connectivity index (χ2v) is 7.55. The van der Waals surface area contributed by atoms with E-state index in [0.717, 1.165) is 0 Å². The molecule has 0 heterocycles. The lowest BCUT2D eigenvalue weighted by Gasteiger charge is -2.27. The molecule has 0 aliphatic carbocycles. The maximum Gasteiger partial charge on any atom is 0.331 e. The van der Waals surface area contributed by atoms with Gasteiger partial charge in [-0.1, -0.05) is 55.6 Å². The maximum atomic E-state index is 5.90. The number of rotatable bonds is 9. The van der Waals surface area contributed by atoms with Crippen LogP contribution in [0.5, 0.6) is 0 Å². The van der Waals surface area contributed by atoms with E-state index in [2.05, 4.69) is 0 Å².